The van der Waals surface area contributed by atoms with Crippen LogP contribution in [-0.4, -0.2) is 33.6 Å². The summed E-state index contributed by atoms with van der Waals surface area (Å²) in [5.74, 6) is -0.385. The van der Waals surface area contributed by atoms with E-state index < -0.39 is 23.6 Å². The van der Waals surface area contributed by atoms with Crippen LogP contribution in [0.4, 0.5) is 4.79 Å². The maximum atomic E-state index is 12.5. The molecule has 0 radical (unpaired) electrons. The number of benzene rings is 1. The van der Waals surface area contributed by atoms with Crippen molar-refractivity contribution in [3.05, 3.63) is 29.8 Å². The monoisotopic (exact) mass is 306 g/mol. The Labute approximate surface area is 129 Å². The van der Waals surface area contributed by atoms with E-state index >= 15 is 0 Å². The Bertz CT molecular complexity index is 563. The number of carbonyl (C=O) groups excluding carboxylic acids is 2. The first-order valence-corrected chi connectivity index (χ1v) is 7.28. The maximum absolute atomic E-state index is 12.5. The van der Waals surface area contributed by atoms with Gasteiger partial charge in [0, 0.05) is 0 Å². The molecule has 2 amide bonds. The van der Waals surface area contributed by atoms with E-state index in [1.807, 2.05) is 0 Å². The Hall–Kier alpha value is -2.24. The predicted molar refractivity (Wildman–Crippen MR) is 81.1 cm³/mol. The molecule has 0 aromatic heterocycles. The standard InChI is InChI=1S/C16H22N2O4/c1-16(2,3)22-15(21)18-12(8-9-13(18)14(17)20)10-4-6-11(19)7-5-10/h4-7,12-13,19H,8-9H2,1-3H3,(H2,17,20)/t12-,13-/m0/s1. The molecule has 0 bridgehead atoms. The van der Waals surface area contributed by atoms with E-state index in [-0.39, 0.29) is 11.8 Å². The highest BCUT2D eigenvalue weighted by atomic mass is 16.6. The highest BCUT2D eigenvalue weighted by Crippen LogP contribution is 2.37. The van der Waals surface area contributed by atoms with Crippen molar-refractivity contribution in [1.82, 2.24) is 4.90 Å². The summed E-state index contributed by atoms with van der Waals surface area (Å²) in [6, 6.07) is 5.63. The summed E-state index contributed by atoms with van der Waals surface area (Å²) in [5.41, 5.74) is 5.61. The van der Waals surface area contributed by atoms with E-state index in [0.717, 1.165) is 5.56 Å². The van der Waals surface area contributed by atoms with Gasteiger partial charge in [-0.2, -0.15) is 0 Å². The van der Waals surface area contributed by atoms with Crippen LogP contribution in [0.15, 0.2) is 24.3 Å². The number of aromatic hydroxyl groups is 1. The Balaban J connectivity index is 2.30. The minimum Gasteiger partial charge on any atom is -0.508 e. The van der Waals surface area contributed by atoms with Gasteiger partial charge in [-0.15, -0.1) is 0 Å². The molecule has 0 saturated carbocycles. The molecule has 2 rings (SSSR count). The molecular weight excluding hydrogens is 284 g/mol. The molecule has 1 heterocycles. The molecule has 0 aliphatic carbocycles. The molecule has 6 heteroatoms. The number of primary amides is 1. The fourth-order valence-corrected chi connectivity index (χ4v) is 2.68. The van der Waals surface area contributed by atoms with Gasteiger partial charge in [-0.3, -0.25) is 9.69 Å². The zero-order valence-electron chi connectivity index (χ0n) is 13.1. The van der Waals surface area contributed by atoms with Crippen molar-refractivity contribution in [2.75, 3.05) is 0 Å². The van der Waals surface area contributed by atoms with Crippen LogP contribution >= 0.6 is 0 Å². The molecule has 1 aromatic carbocycles. The largest absolute Gasteiger partial charge is 0.508 e. The second-order valence-corrected chi connectivity index (χ2v) is 6.49. The molecule has 2 atom stereocenters. The van der Waals surface area contributed by atoms with Crippen molar-refractivity contribution in [2.24, 2.45) is 5.73 Å². The smallest absolute Gasteiger partial charge is 0.411 e. The van der Waals surface area contributed by atoms with E-state index in [0.29, 0.717) is 12.8 Å². The number of nitrogens with two attached hydrogens (primary N) is 1. The Morgan fingerprint density at radius 3 is 2.32 bits per heavy atom. The van der Waals surface area contributed by atoms with E-state index in [1.165, 1.54) is 4.90 Å². The number of likely N-dealkylation sites (tertiary alicyclic amines) is 1. The summed E-state index contributed by atoms with van der Waals surface area (Å²) in [6.07, 6.45) is 0.574. The second-order valence-electron chi connectivity index (χ2n) is 6.49. The molecule has 22 heavy (non-hydrogen) atoms. The van der Waals surface area contributed by atoms with Crippen LogP contribution in [0.5, 0.6) is 5.75 Å². The summed E-state index contributed by atoms with van der Waals surface area (Å²) in [7, 11) is 0. The van der Waals surface area contributed by atoms with E-state index in [2.05, 4.69) is 0 Å². The van der Waals surface area contributed by atoms with Crippen LogP contribution in [0.1, 0.15) is 45.2 Å². The molecule has 1 aliphatic rings. The lowest BCUT2D eigenvalue weighted by molar-refractivity contribution is -0.122. The van der Waals surface area contributed by atoms with Gasteiger partial charge < -0.3 is 15.6 Å². The number of hydrogen-bond acceptors (Lipinski definition) is 4. The molecule has 6 nitrogen and oxygen atoms in total. The number of rotatable bonds is 2. The first-order valence-electron chi connectivity index (χ1n) is 7.28. The number of carbonyl (C=O) groups is 2. The predicted octanol–water partition coefficient (Wildman–Crippen LogP) is 2.32. The van der Waals surface area contributed by atoms with E-state index in [9.17, 15) is 14.7 Å². The lowest BCUT2D eigenvalue weighted by Crippen LogP contribution is -2.46. The quantitative estimate of drug-likeness (QED) is 0.877. The zero-order chi connectivity index (χ0) is 16.5. The number of phenols is 1. The Kier molecular flexibility index (Phi) is 4.30. The van der Waals surface area contributed by atoms with E-state index in [4.69, 9.17) is 10.5 Å². The first kappa shape index (κ1) is 16.1. The topological polar surface area (TPSA) is 92.9 Å². The Morgan fingerprint density at radius 2 is 1.82 bits per heavy atom. The molecule has 0 spiro atoms. The second kappa shape index (κ2) is 5.87. The zero-order valence-corrected chi connectivity index (χ0v) is 13.1. The fourth-order valence-electron chi connectivity index (χ4n) is 2.68. The van der Waals surface area contributed by atoms with Gasteiger partial charge in [0.15, 0.2) is 0 Å². The molecule has 3 N–H and O–H groups in total. The van der Waals surface area contributed by atoms with Crippen molar-refractivity contribution >= 4 is 12.0 Å². The van der Waals surface area contributed by atoms with Gasteiger partial charge in [0.1, 0.15) is 17.4 Å². The van der Waals surface area contributed by atoms with Crippen molar-refractivity contribution < 1.29 is 19.4 Å². The molecule has 1 aromatic rings. The summed E-state index contributed by atoms with van der Waals surface area (Å²) >= 11 is 0. The van der Waals surface area contributed by atoms with Crippen LogP contribution < -0.4 is 5.73 Å². The lowest BCUT2D eigenvalue weighted by Gasteiger charge is -2.31. The third-order valence-corrected chi connectivity index (χ3v) is 3.60. The summed E-state index contributed by atoms with van der Waals surface area (Å²) in [6.45, 7) is 5.32. The molecule has 120 valence electrons. The van der Waals surface area contributed by atoms with Gasteiger partial charge >= 0.3 is 6.09 Å². The third-order valence-electron chi connectivity index (χ3n) is 3.60. The Morgan fingerprint density at radius 1 is 1.23 bits per heavy atom. The number of amides is 2. The average Bonchev–Trinajstić information content (AvgIpc) is 2.82. The molecule has 1 fully saturated rings. The molecular formula is C16H22N2O4. The van der Waals surface area contributed by atoms with E-state index in [1.54, 1.807) is 45.0 Å². The molecule has 1 aliphatic heterocycles. The summed E-state index contributed by atoms with van der Waals surface area (Å²) < 4.78 is 5.41. The SMILES string of the molecule is CC(C)(C)OC(=O)N1[C@H](C(N)=O)CC[C@H]1c1ccc(O)cc1. The van der Waals surface area contributed by atoms with Gasteiger partial charge in [0.25, 0.3) is 0 Å². The number of nitrogens with zero attached hydrogens (tertiary/aromatic N) is 1. The van der Waals surface area contributed by atoms with Gasteiger partial charge in [0.2, 0.25) is 5.91 Å². The van der Waals surface area contributed by atoms with Gasteiger partial charge in [-0.05, 0) is 51.3 Å². The van der Waals surface area contributed by atoms with Crippen molar-refractivity contribution in [1.29, 1.82) is 0 Å². The lowest BCUT2D eigenvalue weighted by atomic mass is 10.0. The number of hydrogen-bond donors (Lipinski definition) is 2. The normalized spacial score (nSPS) is 21.7. The number of ether oxygens (including phenoxy) is 1. The summed E-state index contributed by atoms with van der Waals surface area (Å²) in [4.78, 5) is 25.5. The molecule has 1 saturated heterocycles. The van der Waals surface area contributed by atoms with Gasteiger partial charge in [-0.25, -0.2) is 4.79 Å². The van der Waals surface area contributed by atoms with Crippen LogP contribution in [0, 0.1) is 0 Å². The van der Waals surface area contributed by atoms with Gasteiger partial charge in [0.05, 0.1) is 6.04 Å². The first-order chi connectivity index (χ1) is 10.2. The molecule has 0 unspecified atom stereocenters. The highest BCUT2D eigenvalue weighted by Gasteiger charge is 2.42. The summed E-state index contributed by atoms with van der Waals surface area (Å²) in [5, 5.41) is 9.39. The van der Waals surface area contributed by atoms with Crippen molar-refractivity contribution in [3.63, 3.8) is 0 Å². The van der Waals surface area contributed by atoms with Crippen LogP contribution in [0.3, 0.4) is 0 Å². The average molecular weight is 306 g/mol. The van der Waals surface area contributed by atoms with Crippen LogP contribution in [-0.2, 0) is 9.53 Å². The minimum atomic E-state index is -0.673. The van der Waals surface area contributed by atoms with Gasteiger partial charge in [-0.1, -0.05) is 12.1 Å². The van der Waals surface area contributed by atoms with Crippen LogP contribution in [0.2, 0.25) is 0 Å². The van der Waals surface area contributed by atoms with Crippen LogP contribution in [0.25, 0.3) is 0 Å². The minimum absolute atomic E-state index is 0.150. The highest BCUT2D eigenvalue weighted by molar-refractivity contribution is 5.85. The van der Waals surface area contributed by atoms with Crippen molar-refractivity contribution in [3.8, 4) is 5.75 Å². The fraction of sp³-hybridized carbons (Fsp3) is 0.500. The van der Waals surface area contributed by atoms with Crippen molar-refractivity contribution in [2.45, 2.75) is 51.3 Å². The maximum Gasteiger partial charge on any atom is 0.411 e. The number of phenolic OH excluding ortho intramolecular Hbond substituents is 1. The third kappa shape index (κ3) is 3.50.